The standard InChI is InChI=1S/C12H16FNO5S/c13-12-2-1-11(5-9(12)7-15)20(16,17)14-6-10-8-18-3-4-19-10/h1-2,5,10,14-15H,3-4,6-8H2. The number of aliphatic hydroxyl groups excluding tert-OH is 1. The molecular weight excluding hydrogens is 289 g/mol. The molecule has 1 atom stereocenters. The molecule has 1 fully saturated rings. The maximum Gasteiger partial charge on any atom is 0.240 e. The van der Waals surface area contributed by atoms with Crippen LogP contribution in [0.15, 0.2) is 23.1 Å². The summed E-state index contributed by atoms with van der Waals surface area (Å²) in [5, 5.41) is 8.95. The van der Waals surface area contributed by atoms with Crippen LogP contribution in [-0.2, 0) is 26.1 Å². The number of rotatable bonds is 5. The highest BCUT2D eigenvalue weighted by atomic mass is 32.2. The lowest BCUT2D eigenvalue weighted by atomic mass is 10.2. The molecule has 1 heterocycles. The van der Waals surface area contributed by atoms with Crippen LogP contribution in [0.3, 0.4) is 0 Å². The molecule has 0 bridgehead atoms. The second-order valence-corrected chi connectivity index (χ2v) is 6.10. The van der Waals surface area contributed by atoms with E-state index < -0.39 is 22.4 Å². The fraction of sp³-hybridized carbons (Fsp3) is 0.500. The zero-order valence-corrected chi connectivity index (χ0v) is 11.5. The molecule has 0 saturated carbocycles. The van der Waals surface area contributed by atoms with Gasteiger partial charge in [0.2, 0.25) is 10.0 Å². The molecule has 0 spiro atoms. The average Bonchev–Trinajstić information content (AvgIpc) is 2.46. The molecule has 0 amide bonds. The zero-order valence-electron chi connectivity index (χ0n) is 10.7. The van der Waals surface area contributed by atoms with Crippen molar-refractivity contribution in [1.82, 2.24) is 4.72 Å². The van der Waals surface area contributed by atoms with E-state index in [0.717, 1.165) is 18.2 Å². The summed E-state index contributed by atoms with van der Waals surface area (Å²) in [5.74, 6) is -0.643. The van der Waals surface area contributed by atoms with Gasteiger partial charge in [-0.25, -0.2) is 17.5 Å². The van der Waals surface area contributed by atoms with Crippen LogP contribution in [-0.4, -0.2) is 46.0 Å². The van der Waals surface area contributed by atoms with Gasteiger partial charge < -0.3 is 14.6 Å². The largest absolute Gasteiger partial charge is 0.392 e. The number of nitrogens with one attached hydrogen (secondary N) is 1. The lowest BCUT2D eigenvalue weighted by Gasteiger charge is -2.23. The lowest BCUT2D eigenvalue weighted by Crippen LogP contribution is -2.39. The second kappa shape index (κ2) is 6.59. The van der Waals surface area contributed by atoms with Gasteiger partial charge in [-0.3, -0.25) is 0 Å². The third kappa shape index (κ3) is 3.74. The molecular formula is C12H16FNO5S. The Morgan fingerprint density at radius 1 is 1.40 bits per heavy atom. The second-order valence-electron chi connectivity index (χ2n) is 4.33. The van der Waals surface area contributed by atoms with Gasteiger partial charge in [0.25, 0.3) is 0 Å². The first-order chi connectivity index (χ1) is 9.53. The zero-order chi connectivity index (χ0) is 14.6. The van der Waals surface area contributed by atoms with Gasteiger partial charge >= 0.3 is 0 Å². The van der Waals surface area contributed by atoms with E-state index in [4.69, 9.17) is 14.6 Å². The van der Waals surface area contributed by atoms with E-state index in [2.05, 4.69) is 4.72 Å². The molecule has 0 radical (unpaired) electrons. The minimum atomic E-state index is -3.77. The summed E-state index contributed by atoms with van der Waals surface area (Å²) in [6.07, 6.45) is -0.337. The summed E-state index contributed by atoms with van der Waals surface area (Å²) in [6.45, 7) is 0.773. The molecule has 6 nitrogen and oxygen atoms in total. The quantitative estimate of drug-likeness (QED) is 0.800. The van der Waals surface area contributed by atoms with E-state index >= 15 is 0 Å². The Balaban J connectivity index is 2.05. The summed E-state index contributed by atoms with van der Waals surface area (Å²) < 4.78 is 50.2. The van der Waals surface area contributed by atoms with E-state index in [-0.39, 0.29) is 23.1 Å². The minimum absolute atomic E-state index is 0.0647. The van der Waals surface area contributed by atoms with E-state index in [1.54, 1.807) is 0 Å². The molecule has 1 unspecified atom stereocenters. The Hall–Kier alpha value is -1.06. The number of sulfonamides is 1. The topological polar surface area (TPSA) is 84.9 Å². The van der Waals surface area contributed by atoms with Crippen LogP contribution in [0.4, 0.5) is 4.39 Å². The first kappa shape index (κ1) is 15.3. The van der Waals surface area contributed by atoms with Crippen LogP contribution in [0.25, 0.3) is 0 Å². The van der Waals surface area contributed by atoms with E-state index in [1.807, 2.05) is 0 Å². The van der Waals surface area contributed by atoms with Crippen molar-refractivity contribution >= 4 is 10.0 Å². The van der Waals surface area contributed by atoms with Gasteiger partial charge in [-0.1, -0.05) is 0 Å². The van der Waals surface area contributed by atoms with Crippen LogP contribution in [0.5, 0.6) is 0 Å². The van der Waals surface area contributed by atoms with Gasteiger partial charge in [-0.15, -0.1) is 0 Å². The Labute approximate surface area is 116 Å². The Bertz CT molecular complexity index is 557. The van der Waals surface area contributed by atoms with Gasteiger partial charge in [0.15, 0.2) is 0 Å². The Morgan fingerprint density at radius 2 is 2.20 bits per heavy atom. The maximum atomic E-state index is 13.2. The van der Waals surface area contributed by atoms with Crippen molar-refractivity contribution in [3.8, 4) is 0 Å². The van der Waals surface area contributed by atoms with Crippen molar-refractivity contribution in [2.75, 3.05) is 26.4 Å². The number of aliphatic hydroxyl groups is 1. The van der Waals surface area contributed by atoms with Crippen LogP contribution < -0.4 is 4.72 Å². The van der Waals surface area contributed by atoms with Gasteiger partial charge in [0.05, 0.1) is 37.4 Å². The number of ether oxygens (including phenoxy) is 2. The maximum absolute atomic E-state index is 13.2. The van der Waals surface area contributed by atoms with Crippen molar-refractivity contribution in [1.29, 1.82) is 0 Å². The predicted molar refractivity (Wildman–Crippen MR) is 68.1 cm³/mol. The molecule has 8 heteroatoms. The summed E-state index contributed by atoms with van der Waals surface area (Å²) in [5.41, 5.74) is -0.0647. The SMILES string of the molecule is O=S(=O)(NCC1COCCO1)c1ccc(F)c(CO)c1. The van der Waals surface area contributed by atoms with Crippen LogP contribution in [0.1, 0.15) is 5.56 Å². The fourth-order valence-corrected chi connectivity index (χ4v) is 2.90. The monoisotopic (exact) mass is 305 g/mol. The fourth-order valence-electron chi connectivity index (χ4n) is 1.78. The molecule has 1 saturated heterocycles. The first-order valence-electron chi connectivity index (χ1n) is 6.11. The van der Waals surface area contributed by atoms with Gasteiger partial charge in [-0.2, -0.15) is 0 Å². The third-order valence-electron chi connectivity index (χ3n) is 2.88. The summed E-state index contributed by atoms with van der Waals surface area (Å²) in [4.78, 5) is -0.0975. The van der Waals surface area contributed by atoms with Crippen LogP contribution >= 0.6 is 0 Å². The molecule has 1 aromatic carbocycles. The van der Waals surface area contributed by atoms with Gasteiger partial charge in [-0.05, 0) is 18.2 Å². The molecule has 20 heavy (non-hydrogen) atoms. The highest BCUT2D eigenvalue weighted by Gasteiger charge is 2.20. The minimum Gasteiger partial charge on any atom is -0.392 e. The highest BCUT2D eigenvalue weighted by molar-refractivity contribution is 7.89. The summed E-state index contributed by atoms with van der Waals surface area (Å²) in [7, 11) is -3.77. The van der Waals surface area contributed by atoms with Crippen molar-refractivity contribution in [3.05, 3.63) is 29.6 Å². The molecule has 1 aliphatic heterocycles. The number of halogens is 1. The van der Waals surface area contributed by atoms with Gasteiger partial charge in [0.1, 0.15) is 5.82 Å². The molecule has 2 N–H and O–H groups in total. The highest BCUT2D eigenvalue weighted by Crippen LogP contribution is 2.15. The number of benzene rings is 1. The normalized spacial score (nSPS) is 20.0. The van der Waals surface area contributed by atoms with E-state index in [0.29, 0.717) is 19.8 Å². The van der Waals surface area contributed by atoms with Crippen LogP contribution in [0, 0.1) is 5.82 Å². The third-order valence-corrected chi connectivity index (χ3v) is 4.31. The molecule has 2 rings (SSSR count). The van der Waals surface area contributed by atoms with Crippen molar-refractivity contribution < 1.29 is 27.4 Å². The van der Waals surface area contributed by atoms with E-state index in [9.17, 15) is 12.8 Å². The molecule has 1 aromatic rings. The van der Waals surface area contributed by atoms with Crippen molar-refractivity contribution in [3.63, 3.8) is 0 Å². The van der Waals surface area contributed by atoms with Crippen molar-refractivity contribution in [2.24, 2.45) is 0 Å². The molecule has 112 valence electrons. The Kier molecular flexibility index (Phi) is 5.06. The molecule has 1 aliphatic rings. The number of hydrogen-bond donors (Lipinski definition) is 2. The van der Waals surface area contributed by atoms with Crippen LogP contribution in [0.2, 0.25) is 0 Å². The molecule has 0 aliphatic carbocycles. The predicted octanol–water partition coefficient (Wildman–Crippen LogP) is 0.0117. The summed E-state index contributed by atoms with van der Waals surface area (Å²) >= 11 is 0. The summed E-state index contributed by atoms with van der Waals surface area (Å²) in [6, 6.07) is 3.27. The number of hydrogen-bond acceptors (Lipinski definition) is 5. The Morgan fingerprint density at radius 3 is 2.85 bits per heavy atom. The lowest BCUT2D eigenvalue weighted by molar-refractivity contribution is -0.0846. The average molecular weight is 305 g/mol. The van der Waals surface area contributed by atoms with Gasteiger partial charge in [0, 0.05) is 12.1 Å². The smallest absolute Gasteiger partial charge is 0.240 e. The van der Waals surface area contributed by atoms with E-state index in [1.165, 1.54) is 0 Å². The van der Waals surface area contributed by atoms with Crippen molar-refractivity contribution in [2.45, 2.75) is 17.6 Å². The molecule has 0 aromatic heterocycles. The first-order valence-corrected chi connectivity index (χ1v) is 7.59.